The first-order valence-electron chi connectivity index (χ1n) is 6.01. The fraction of sp³-hybridized carbons (Fsp3) is 0.467. The molecule has 1 N–H and O–H groups in total. The minimum Gasteiger partial charge on any atom is -0.496 e. The second kappa shape index (κ2) is 7.75. The zero-order valence-corrected chi connectivity index (χ0v) is 11.2. The van der Waals surface area contributed by atoms with Crippen molar-refractivity contribution >= 4 is 0 Å². The summed E-state index contributed by atoms with van der Waals surface area (Å²) in [7, 11) is 1.64. The van der Waals surface area contributed by atoms with E-state index in [-0.39, 0.29) is 6.61 Å². The van der Waals surface area contributed by atoms with Gasteiger partial charge in [0.1, 0.15) is 12.4 Å². The van der Waals surface area contributed by atoms with Crippen molar-refractivity contribution in [3.05, 3.63) is 29.3 Å². The zero-order chi connectivity index (χ0) is 13.4. The molecule has 0 aromatic heterocycles. The number of rotatable bonds is 5. The predicted octanol–water partition coefficient (Wildman–Crippen LogP) is 2.21. The summed E-state index contributed by atoms with van der Waals surface area (Å²) in [5, 5.41) is 8.68. The number of ether oxygens (including phenoxy) is 2. The van der Waals surface area contributed by atoms with Gasteiger partial charge in [0, 0.05) is 17.7 Å². The van der Waals surface area contributed by atoms with Crippen molar-refractivity contribution in [2.75, 3.05) is 20.3 Å². The molecule has 3 heteroatoms. The molecule has 0 bridgehead atoms. The van der Waals surface area contributed by atoms with E-state index < -0.39 is 0 Å². The summed E-state index contributed by atoms with van der Waals surface area (Å²) in [4.78, 5) is 0. The van der Waals surface area contributed by atoms with Gasteiger partial charge in [0.05, 0.1) is 13.7 Å². The molecule has 0 aliphatic carbocycles. The molecule has 0 radical (unpaired) electrons. The quantitative estimate of drug-likeness (QED) is 0.812. The van der Waals surface area contributed by atoms with Crippen LogP contribution in [-0.4, -0.2) is 25.4 Å². The van der Waals surface area contributed by atoms with Crippen molar-refractivity contribution in [2.45, 2.75) is 20.5 Å². The predicted molar refractivity (Wildman–Crippen MR) is 71.5 cm³/mol. The summed E-state index contributed by atoms with van der Waals surface area (Å²) in [6.45, 7) is 5.32. The third-order valence-electron chi connectivity index (χ3n) is 2.30. The Kier molecular flexibility index (Phi) is 6.27. The molecule has 1 aromatic rings. The van der Waals surface area contributed by atoms with Gasteiger partial charge in [-0.3, -0.25) is 0 Å². The first-order chi connectivity index (χ1) is 8.67. The average molecular weight is 248 g/mol. The molecule has 98 valence electrons. The molecule has 0 fully saturated rings. The molecular formula is C15H20O3. The minimum atomic E-state index is -0.134. The van der Waals surface area contributed by atoms with E-state index in [0.717, 1.165) is 23.5 Å². The van der Waals surface area contributed by atoms with Gasteiger partial charge in [-0.05, 0) is 24.1 Å². The van der Waals surface area contributed by atoms with Crippen LogP contribution in [0.15, 0.2) is 18.2 Å². The van der Waals surface area contributed by atoms with Crippen LogP contribution >= 0.6 is 0 Å². The molecule has 0 atom stereocenters. The van der Waals surface area contributed by atoms with Gasteiger partial charge in [-0.1, -0.05) is 25.7 Å². The monoisotopic (exact) mass is 248 g/mol. The summed E-state index contributed by atoms with van der Waals surface area (Å²) in [5.41, 5.74) is 1.83. The Morgan fingerprint density at radius 1 is 1.33 bits per heavy atom. The van der Waals surface area contributed by atoms with E-state index in [9.17, 15) is 0 Å². The number of aliphatic hydroxyl groups excluding tert-OH is 1. The molecule has 3 nitrogen and oxygen atoms in total. The molecule has 1 rings (SSSR count). The summed E-state index contributed by atoms with van der Waals surface area (Å²) < 4.78 is 10.9. The number of hydrogen-bond acceptors (Lipinski definition) is 3. The van der Waals surface area contributed by atoms with Crippen molar-refractivity contribution in [1.29, 1.82) is 0 Å². The summed E-state index contributed by atoms with van der Waals surface area (Å²) >= 11 is 0. The van der Waals surface area contributed by atoms with E-state index in [1.54, 1.807) is 7.11 Å². The number of aliphatic hydroxyl groups is 1. The first kappa shape index (κ1) is 14.6. The van der Waals surface area contributed by atoms with Gasteiger partial charge in [-0.25, -0.2) is 0 Å². The van der Waals surface area contributed by atoms with Crippen molar-refractivity contribution in [3.63, 3.8) is 0 Å². The Bertz CT molecular complexity index is 427. The number of methoxy groups -OCH3 is 1. The normalized spacial score (nSPS) is 10.1. The lowest BCUT2D eigenvalue weighted by Crippen LogP contribution is -2.03. The van der Waals surface area contributed by atoms with Crippen LogP contribution in [0.2, 0.25) is 0 Å². The summed E-state index contributed by atoms with van der Waals surface area (Å²) in [6, 6.07) is 5.67. The fourth-order valence-electron chi connectivity index (χ4n) is 1.52. The Morgan fingerprint density at radius 2 is 2.11 bits per heavy atom. The lowest BCUT2D eigenvalue weighted by molar-refractivity contribution is 0.0955. The van der Waals surface area contributed by atoms with Crippen LogP contribution in [0.3, 0.4) is 0 Å². The lowest BCUT2D eigenvalue weighted by atomic mass is 10.1. The largest absolute Gasteiger partial charge is 0.496 e. The van der Waals surface area contributed by atoms with Gasteiger partial charge in [-0.2, -0.15) is 0 Å². The van der Waals surface area contributed by atoms with Gasteiger partial charge in [0.25, 0.3) is 0 Å². The number of benzene rings is 1. The Balaban J connectivity index is 2.78. The molecular weight excluding hydrogens is 228 g/mol. The minimum absolute atomic E-state index is 0.134. The highest BCUT2D eigenvalue weighted by atomic mass is 16.5. The third-order valence-corrected chi connectivity index (χ3v) is 2.30. The van der Waals surface area contributed by atoms with Gasteiger partial charge in [-0.15, -0.1) is 0 Å². The third kappa shape index (κ3) is 4.79. The van der Waals surface area contributed by atoms with E-state index in [1.807, 2.05) is 18.2 Å². The van der Waals surface area contributed by atoms with Crippen molar-refractivity contribution < 1.29 is 14.6 Å². The lowest BCUT2D eigenvalue weighted by Gasteiger charge is -2.11. The molecule has 0 saturated heterocycles. The molecule has 18 heavy (non-hydrogen) atoms. The molecule has 0 aliphatic heterocycles. The topological polar surface area (TPSA) is 38.7 Å². The van der Waals surface area contributed by atoms with Crippen LogP contribution in [0.25, 0.3) is 0 Å². The van der Waals surface area contributed by atoms with Crippen LogP contribution in [-0.2, 0) is 11.3 Å². The maximum atomic E-state index is 8.68. The zero-order valence-electron chi connectivity index (χ0n) is 11.2. The fourth-order valence-corrected chi connectivity index (χ4v) is 1.52. The van der Waals surface area contributed by atoms with Gasteiger partial charge >= 0.3 is 0 Å². The highest BCUT2D eigenvalue weighted by Gasteiger charge is 2.04. The highest BCUT2D eigenvalue weighted by molar-refractivity contribution is 5.44. The van der Waals surface area contributed by atoms with E-state index >= 15 is 0 Å². The molecule has 0 amide bonds. The van der Waals surface area contributed by atoms with Gasteiger partial charge < -0.3 is 14.6 Å². The standard InChI is InChI=1S/C15H20O3/c1-12(2)10-18-11-14-9-13(5-4-8-16)6-7-15(14)17-3/h6-7,9,12,16H,8,10-11H2,1-3H3. The van der Waals surface area contributed by atoms with Crippen LogP contribution in [0.4, 0.5) is 0 Å². The summed E-state index contributed by atoms with van der Waals surface area (Å²) in [5.74, 6) is 6.81. The van der Waals surface area contributed by atoms with Gasteiger partial charge in [0.2, 0.25) is 0 Å². The van der Waals surface area contributed by atoms with Gasteiger partial charge in [0.15, 0.2) is 0 Å². The van der Waals surface area contributed by atoms with E-state index in [4.69, 9.17) is 14.6 Å². The maximum absolute atomic E-state index is 8.68. The SMILES string of the molecule is COc1ccc(C#CCO)cc1COCC(C)C. The van der Waals surface area contributed by atoms with Crippen LogP contribution in [0.5, 0.6) is 5.75 Å². The molecule has 0 saturated carbocycles. The van der Waals surface area contributed by atoms with Crippen molar-refractivity contribution in [1.82, 2.24) is 0 Å². The Hall–Kier alpha value is -1.50. The molecule has 0 spiro atoms. The molecule has 0 aliphatic rings. The molecule has 0 heterocycles. The average Bonchev–Trinajstić information content (AvgIpc) is 2.36. The second-order valence-corrected chi connectivity index (χ2v) is 4.40. The van der Waals surface area contributed by atoms with E-state index in [1.165, 1.54) is 0 Å². The van der Waals surface area contributed by atoms with E-state index in [2.05, 4.69) is 25.7 Å². The summed E-state index contributed by atoms with van der Waals surface area (Å²) in [6.07, 6.45) is 0. The van der Waals surface area contributed by atoms with Crippen LogP contribution in [0.1, 0.15) is 25.0 Å². The smallest absolute Gasteiger partial charge is 0.124 e. The first-order valence-corrected chi connectivity index (χ1v) is 6.01. The Labute approximate surface area is 109 Å². The molecule has 0 unspecified atom stereocenters. The maximum Gasteiger partial charge on any atom is 0.124 e. The van der Waals surface area contributed by atoms with Crippen LogP contribution < -0.4 is 4.74 Å². The second-order valence-electron chi connectivity index (χ2n) is 4.40. The molecule has 1 aromatic carbocycles. The van der Waals surface area contributed by atoms with E-state index in [0.29, 0.717) is 12.5 Å². The Morgan fingerprint density at radius 3 is 2.72 bits per heavy atom. The highest BCUT2D eigenvalue weighted by Crippen LogP contribution is 2.20. The van der Waals surface area contributed by atoms with Crippen molar-refractivity contribution in [2.24, 2.45) is 5.92 Å². The van der Waals surface area contributed by atoms with Crippen LogP contribution in [0, 0.1) is 17.8 Å². The van der Waals surface area contributed by atoms with Crippen molar-refractivity contribution in [3.8, 4) is 17.6 Å². The number of hydrogen-bond donors (Lipinski definition) is 1.